The average molecular weight is 358 g/mol. The molecule has 0 saturated carbocycles. The summed E-state index contributed by atoms with van der Waals surface area (Å²) < 4.78 is 57.8. The first kappa shape index (κ1) is 22.7. The van der Waals surface area contributed by atoms with E-state index in [9.17, 15) is 27.2 Å². The third-order valence-electron chi connectivity index (χ3n) is 3.27. The summed E-state index contributed by atoms with van der Waals surface area (Å²) in [5, 5.41) is 0. The van der Waals surface area contributed by atoms with Gasteiger partial charge in [0.1, 0.15) is 0 Å². The van der Waals surface area contributed by atoms with Crippen LogP contribution in [0.1, 0.15) is 64.7 Å². The van der Waals surface area contributed by atoms with Gasteiger partial charge < -0.3 is 9.47 Å². The van der Waals surface area contributed by atoms with Gasteiger partial charge in [0.25, 0.3) is 0 Å². The van der Waals surface area contributed by atoms with E-state index in [2.05, 4.69) is 11.7 Å². The Morgan fingerprint density at radius 2 is 1.42 bits per heavy atom. The molecule has 0 bridgehead atoms. The molecule has 8 heteroatoms. The Labute approximate surface area is 139 Å². The van der Waals surface area contributed by atoms with Crippen molar-refractivity contribution in [3.8, 4) is 0 Å². The summed E-state index contributed by atoms with van der Waals surface area (Å²) in [6.45, 7) is 0.782. The highest BCUT2D eigenvalue weighted by molar-refractivity contribution is 5.72. The molecule has 0 aromatic heterocycles. The predicted molar refractivity (Wildman–Crippen MR) is 80.1 cm³/mol. The van der Waals surface area contributed by atoms with Gasteiger partial charge >= 0.3 is 24.3 Å². The summed E-state index contributed by atoms with van der Waals surface area (Å²) in [5.74, 6) is -5.88. The first-order chi connectivity index (χ1) is 11.3. The molecule has 4 nitrogen and oxygen atoms in total. The number of alkyl halides is 4. The average Bonchev–Trinajstić information content (AvgIpc) is 2.52. The third-order valence-corrected chi connectivity index (χ3v) is 3.27. The molecule has 0 saturated heterocycles. The maximum atomic E-state index is 12.5. The Kier molecular flexibility index (Phi) is 12.3. The van der Waals surface area contributed by atoms with Crippen LogP contribution in [-0.4, -0.2) is 37.5 Å². The molecule has 0 aliphatic carbocycles. The molecule has 142 valence electrons. The van der Waals surface area contributed by atoms with Gasteiger partial charge in [0.05, 0.1) is 6.61 Å². The molecule has 0 atom stereocenters. The van der Waals surface area contributed by atoms with Crippen LogP contribution in [0.3, 0.4) is 0 Å². The lowest BCUT2D eigenvalue weighted by atomic mass is 10.1. The molecule has 0 unspecified atom stereocenters. The van der Waals surface area contributed by atoms with Crippen molar-refractivity contribution >= 4 is 11.9 Å². The monoisotopic (exact) mass is 358 g/mol. The Morgan fingerprint density at radius 1 is 0.875 bits per heavy atom. The van der Waals surface area contributed by atoms with E-state index in [4.69, 9.17) is 4.74 Å². The van der Waals surface area contributed by atoms with Crippen LogP contribution in [0.15, 0.2) is 0 Å². The van der Waals surface area contributed by atoms with Crippen molar-refractivity contribution in [1.29, 1.82) is 0 Å². The number of hydrogen-bond donors (Lipinski definition) is 0. The highest BCUT2D eigenvalue weighted by Gasteiger charge is 2.42. The van der Waals surface area contributed by atoms with E-state index in [-0.39, 0.29) is 19.3 Å². The predicted octanol–water partition coefficient (Wildman–Crippen LogP) is 4.50. The number of carbonyl (C=O) groups is 2. The molecule has 0 amide bonds. The van der Waals surface area contributed by atoms with E-state index in [0.717, 1.165) is 32.1 Å². The van der Waals surface area contributed by atoms with E-state index in [1.54, 1.807) is 0 Å². The number of hydrogen-bond acceptors (Lipinski definition) is 4. The van der Waals surface area contributed by atoms with Crippen LogP contribution in [-0.2, 0) is 19.1 Å². The molecule has 0 aliphatic rings. The first-order valence-corrected chi connectivity index (χ1v) is 8.26. The molecule has 0 spiro atoms. The van der Waals surface area contributed by atoms with Gasteiger partial charge in [-0.3, -0.25) is 9.59 Å². The normalized spacial score (nSPS) is 11.6. The Hall–Kier alpha value is -1.34. The summed E-state index contributed by atoms with van der Waals surface area (Å²) >= 11 is 0. The molecule has 0 heterocycles. The van der Waals surface area contributed by atoms with Gasteiger partial charge in [-0.1, -0.05) is 39.0 Å². The highest BCUT2D eigenvalue weighted by atomic mass is 19.3. The van der Waals surface area contributed by atoms with Crippen LogP contribution in [0, 0.1) is 0 Å². The largest absolute Gasteiger partial charge is 0.466 e. The zero-order valence-corrected chi connectivity index (χ0v) is 14.0. The second kappa shape index (κ2) is 13.0. The third kappa shape index (κ3) is 12.1. The smallest absolute Gasteiger partial charge is 0.340 e. The molecular weight excluding hydrogens is 332 g/mol. The van der Waals surface area contributed by atoms with Crippen molar-refractivity contribution in [2.45, 2.75) is 77.1 Å². The molecule has 0 rings (SSSR count). The minimum atomic E-state index is -4.36. The summed E-state index contributed by atoms with van der Waals surface area (Å²) in [7, 11) is 0. The van der Waals surface area contributed by atoms with Gasteiger partial charge in [0.2, 0.25) is 0 Å². The number of carbonyl (C=O) groups excluding carboxylic acids is 2. The van der Waals surface area contributed by atoms with Crippen LogP contribution >= 0.6 is 0 Å². The quantitative estimate of drug-likeness (QED) is 0.261. The zero-order chi connectivity index (χ0) is 18.4. The zero-order valence-electron chi connectivity index (χ0n) is 14.0. The van der Waals surface area contributed by atoms with Crippen LogP contribution in [0.25, 0.3) is 0 Å². The standard InChI is InChI=1S/C16H26F4O4/c1-2-3-4-5-6-7-11-23-13(21)9-8-10-14(22)24-12-16(19,20)15(17)18/h15H,2-12H2,1H3. The summed E-state index contributed by atoms with van der Waals surface area (Å²) in [6.07, 6.45) is 2.21. The molecule has 0 radical (unpaired) electrons. The minimum Gasteiger partial charge on any atom is -0.466 e. The second-order valence-electron chi connectivity index (χ2n) is 5.56. The Balaban J connectivity index is 3.58. The summed E-state index contributed by atoms with van der Waals surface area (Å²) in [5.41, 5.74) is 0. The van der Waals surface area contributed by atoms with Crippen molar-refractivity contribution in [1.82, 2.24) is 0 Å². The highest BCUT2D eigenvalue weighted by Crippen LogP contribution is 2.23. The number of unbranched alkanes of at least 4 members (excludes halogenated alkanes) is 5. The molecule has 0 aromatic rings. The van der Waals surface area contributed by atoms with Gasteiger partial charge in [0, 0.05) is 12.8 Å². The van der Waals surface area contributed by atoms with Crippen molar-refractivity contribution in [2.24, 2.45) is 0 Å². The number of ether oxygens (including phenoxy) is 2. The van der Waals surface area contributed by atoms with Crippen LogP contribution in [0.5, 0.6) is 0 Å². The SMILES string of the molecule is CCCCCCCCOC(=O)CCCC(=O)OCC(F)(F)C(F)F. The molecule has 0 fully saturated rings. The topological polar surface area (TPSA) is 52.6 Å². The van der Waals surface area contributed by atoms with E-state index < -0.39 is 30.9 Å². The van der Waals surface area contributed by atoms with Crippen LogP contribution in [0.4, 0.5) is 17.6 Å². The lowest BCUT2D eigenvalue weighted by Gasteiger charge is -2.14. The van der Waals surface area contributed by atoms with Crippen molar-refractivity contribution in [3.63, 3.8) is 0 Å². The van der Waals surface area contributed by atoms with Gasteiger partial charge in [-0.2, -0.15) is 8.78 Å². The van der Waals surface area contributed by atoms with Crippen LogP contribution < -0.4 is 0 Å². The fourth-order valence-electron chi connectivity index (χ4n) is 1.83. The lowest BCUT2D eigenvalue weighted by Crippen LogP contribution is -2.33. The second-order valence-corrected chi connectivity index (χ2v) is 5.56. The van der Waals surface area contributed by atoms with Crippen molar-refractivity contribution in [2.75, 3.05) is 13.2 Å². The van der Waals surface area contributed by atoms with E-state index in [1.165, 1.54) is 6.42 Å². The lowest BCUT2D eigenvalue weighted by molar-refractivity contribution is -0.179. The number of halogens is 4. The molecule has 24 heavy (non-hydrogen) atoms. The minimum absolute atomic E-state index is 0.0455. The maximum absolute atomic E-state index is 12.5. The molecule has 0 N–H and O–H groups in total. The fraction of sp³-hybridized carbons (Fsp3) is 0.875. The van der Waals surface area contributed by atoms with Gasteiger partial charge in [0.15, 0.2) is 6.61 Å². The Morgan fingerprint density at radius 3 is 2.00 bits per heavy atom. The number of rotatable bonds is 14. The molecule has 0 aliphatic heterocycles. The summed E-state index contributed by atoms with van der Waals surface area (Å²) in [4.78, 5) is 22.5. The van der Waals surface area contributed by atoms with Gasteiger partial charge in [-0.05, 0) is 12.8 Å². The van der Waals surface area contributed by atoms with Crippen LogP contribution in [0.2, 0.25) is 0 Å². The van der Waals surface area contributed by atoms with Crippen molar-refractivity contribution in [3.05, 3.63) is 0 Å². The number of esters is 2. The van der Waals surface area contributed by atoms with E-state index in [0.29, 0.717) is 6.61 Å². The van der Waals surface area contributed by atoms with Crippen molar-refractivity contribution < 1.29 is 36.6 Å². The van der Waals surface area contributed by atoms with E-state index in [1.807, 2.05) is 0 Å². The fourth-order valence-corrected chi connectivity index (χ4v) is 1.83. The van der Waals surface area contributed by atoms with Gasteiger partial charge in [-0.25, -0.2) is 8.78 Å². The maximum Gasteiger partial charge on any atom is 0.340 e. The summed E-state index contributed by atoms with van der Waals surface area (Å²) in [6, 6.07) is 0. The molecular formula is C16H26F4O4. The van der Waals surface area contributed by atoms with Gasteiger partial charge in [-0.15, -0.1) is 0 Å². The first-order valence-electron chi connectivity index (χ1n) is 8.26. The van der Waals surface area contributed by atoms with E-state index >= 15 is 0 Å². The molecule has 0 aromatic carbocycles. The Bertz CT molecular complexity index is 362.